The maximum absolute atomic E-state index is 13.5. The number of nitrogens with two attached hydrogens (primary N) is 1. The zero-order valence-electron chi connectivity index (χ0n) is 10.4. The van der Waals surface area contributed by atoms with Gasteiger partial charge in [-0.05, 0) is 24.3 Å². The molecule has 0 spiro atoms. The Kier molecular flexibility index (Phi) is 2.86. The zero-order valence-corrected chi connectivity index (χ0v) is 10.4. The molecule has 0 saturated heterocycles. The second-order valence-electron chi connectivity index (χ2n) is 4.41. The van der Waals surface area contributed by atoms with Crippen molar-refractivity contribution in [2.45, 2.75) is 6.18 Å². The Morgan fingerprint density at radius 1 is 1.10 bits per heavy atom. The molecule has 0 aliphatic heterocycles. The van der Waals surface area contributed by atoms with E-state index in [1.807, 2.05) is 0 Å². The minimum atomic E-state index is -4.85. The lowest BCUT2D eigenvalue weighted by molar-refractivity contribution is -0.139. The van der Waals surface area contributed by atoms with E-state index < -0.39 is 23.2 Å². The van der Waals surface area contributed by atoms with Gasteiger partial charge in [-0.1, -0.05) is 12.1 Å². The molecule has 1 heterocycles. The molecule has 0 atom stereocenters. The highest BCUT2D eigenvalue weighted by Gasteiger charge is 2.35. The summed E-state index contributed by atoms with van der Waals surface area (Å²) in [5.41, 5.74) is 4.13. The molecule has 0 amide bonds. The molecular formula is C14H8F4N2O. The summed E-state index contributed by atoms with van der Waals surface area (Å²) < 4.78 is 57.2. The lowest BCUT2D eigenvalue weighted by atomic mass is 10.1. The van der Waals surface area contributed by atoms with Gasteiger partial charge < -0.3 is 10.2 Å². The molecule has 3 nitrogen and oxygen atoms in total. The summed E-state index contributed by atoms with van der Waals surface area (Å²) in [6.07, 6.45) is -4.85. The number of nitrogens with zero attached hydrogens (tertiary/aromatic N) is 1. The predicted molar refractivity (Wildman–Crippen MR) is 68.8 cm³/mol. The van der Waals surface area contributed by atoms with Crippen molar-refractivity contribution in [1.82, 2.24) is 4.98 Å². The van der Waals surface area contributed by atoms with Crippen LogP contribution < -0.4 is 5.73 Å². The third kappa shape index (κ3) is 2.31. The van der Waals surface area contributed by atoms with E-state index in [2.05, 4.69) is 4.98 Å². The van der Waals surface area contributed by atoms with Gasteiger partial charge in [0.2, 0.25) is 5.89 Å². The Morgan fingerprint density at radius 2 is 1.81 bits per heavy atom. The maximum atomic E-state index is 13.5. The fourth-order valence-corrected chi connectivity index (χ4v) is 1.97. The van der Waals surface area contributed by atoms with E-state index in [4.69, 9.17) is 10.2 Å². The van der Waals surface area contributed by atoms with Crippen LogP contribution in [0.15, 0.2) is 40.8 Å². The fourth-order valence-electron chi connectivity index (χ4n) is 1.97. The van der Waals surface area contributed by atoms with E-state index in [1.54, 1.807) is 24.3 Å². The standard InChI is InChI=1S/C14H8F4N2O/c15-12-8(14(16,17)18)5-7(6-9(12)19)13-20-10-3-1-2-4-11(10)21-13/h1-6H,19H2. The summed E-state index contributed by atoms with van der Waals surface area (Å²) in [5.74, 6) is -1.55. The summed E-state index contributed by atoms with van der Waals surface area (Å²) in [7, 11) is 0. The Balaban J connectivity index is 2.20. The van der Waals surface area contributed by atoms with Gasteiger partial charge >= 0.3 is 6.18 Å². The number of hydrogen-bond donors (Lipinski definition) is 1. The predicted octanol–water partition coefficient (Wildman–Crippen LogP) is 4.23. The van der Waals surface area contributed by atoms with E-state index in [0.717, 1.165) is 6.07 Å². The molecule has 0 radical (unpaired) electrons. The van der Waals surface area contributed by atoms with Crippen LogP contribution in [0.3, 0.4) is 0 Å². The Hall–Kier alpha value is -2.57. The van der Waals surface area contributed by atoms with Crippen molar-refractivity contribution < 1.29 is 22.0 Å². The van der Waals surface area contributed by atoms with E-state index in [9.17, 15) is 17.6 Å². The number of para-hydroxylation sites is 2. The van der Waals surface area contributed by atoms with Crippen molar-refractivity contribution in [3.8, 4) is 11.5 Å². The highest BCUT2D eigenvalue weighted by molar-refractivity contribution is 5.76. The first-order valence-corrected chi connectivity index (χ1v) is 5.88. The summed E-state index contributed by atoms with van der Waals surface area (Å²) >= 11 is 0. The smallest absolute Gasteiger partial charge is 0.419 e. The average Bonchev–Trinajstić information content (AvgIpc) is 2.84. The van der Waals surface area contributed by atoms with Crippen LogP contribution in [0.2, 0.25) is 0 Å². The summed E-state index contributed by atoms with van der Waals surface area (Å²) in [6, 6.07) is 8.40. The Labute approximate surface area is 116 Å². The molecule has 0 saturated carbocycles. The molecule has 21 heavy (non-hydrogen) atoms. The summed E-state index contributed by atoms with van der Waals surface area (Å²) in [5, 5.41) is 0. The van der Waals surface area contributed by atoms with Gasteiger partial charge in [0.15, 0.2) is 11.4 Å². The Bertz CT molecular complexity index is 790. The van der Waals surface area contributed by atoms with Crippen LogP contribution in [0.1, 0.15) is 5.56 Å². The molecule has 0 aliphatic rings. The normalized spacial score (nSPS) is 12.0. The van der Waals surface area contributed by atoms with Gasteiger partial charge in [0.05, 0.1) is 11.3 Å². The molecule has 0 unspecified atom stereocenters. The number of nitrogen functional groups attached to an aromatic ring is 1. The highest BCUT2D eigenvalue weighted by atomic mass is 19.4. The van der Waals surface area contributed by atoms with E-state index >= 15 is 0 Å². The average molecular weight is 296 g/mol. The van der Waals surface area contributed by atoms with Crippen molar-refractivity contribution in [2.75, 3.05) is 5.73 Å². The van der Waals surface area contributed by atoms with Crippen LogP contribution in [0.5, 0.6) is 0 Å². The number of benzene rings is 2. The number of halogens is 4. The van der Waals surface area contributed by atoms with Gasteiger partial charge in [0.1, 0.15) is 5.52 Å². The highest BCUT2D eigenvalue weighted by Crippen LogP contribution is 2.37. The number of oxazole rings is 1. The van der Waals surface area contributed by atoms with Gasteiger partial charge in [-0.3, -0.25) is 0 Å². The van der Waals surface area contributed by atoms with Crippen LogP contribution in [0.25, 0.3) is 22.6 Å². The van der Waals surface area contributed by atoms with Crippen LogP contribution >= 0.6 is 0 Å². The molecule has 0 aliphatic carbocycles. The largest absolute Gasteiger partial charge is 0.436 e. The number of aromatic nitrogens is 1. The van der Waals surface area contributed by atoms with Gasteiger partial charge in [-0.2, -0.15) is 13.2 Å². The van der Waals surface area contributed by atoms with E-state index in [-0.39, 0.29) is 11.5 Å². The minimum absolute atomic E-state index is 0.0302. The van der Waals surface area contributed by atoms with Crippen molar-refractivity contribution in [1.29, 1.82) is 0 Å². The third-order valence-electron chi connectivity index (χ3n) is 2.95. The van der Waals surface area contributed by atoms with Crippen LogP contribution in [0, 0.1) is 5.82 Å². The van der Waals surface area contributed by atoms with Crippen molar-refractivity contribution >= 4 is 16.8 Å². The quantitative estimate of drug-likeness (QED) is 0.540. The van der Waals surface area contributed by atoms with E-state index in [1.165, 1.54) is 0 Å². The molecule has 3 rings (SSSR count). The second kappa shape index (κ2) is 4.47. The minimum Gasteiger partial charge on any atom is -0.436 e. The monoisotopic (exact) mass is 296 g/mol. The first-order valence-electron chi connectivity index (χ1n) is 5.88. The molecular weight excluding hydrogens is 288 g/mol. The topological polar surface area (TPSA) is 52.0 Å². The lowest BCUT2D eigenvalue weighted by Crippen LogP contribution is -2.10. The number of alkyl halides is 3. The number of hydrogen-bond acceptors (Lipinski definition) is 3. The number of anilines is 1. The molecule has 108 valence electrons. The van der Waals surface area contributed by atoms with Crippen LogP contribution in [-0.4, -0.2) is 4.98 Å². The molecule has 3 aromatic rings. The van der Waals surface area contributed by atoms with Gasteiger partial charge in [0, 0.05) is 5.56 Å². The summed E-state index contributed by atoms with van der Waals surface area (Å²) in [6.45, 7) is 0. The van der Waals surface area contributed by atoms with Gasteiger partial charge in [-0.15, -0.1) is 0 Å². The molecule has 7 heteroatoms. The lowest BCUT2D eigenvalue weighted by Gasteiger charge is -2.10. The zero-order chi connectivity index (χ0) is 15.2. The number of fused-ring (bicyclic) bond motifs is 1. The molecule has 0 bridgehead atoms. The molecule has 0 fully saturated rings. The molecule has 2 aromatic carbocycles. The van der Waals surface area contributed by atoms with Crippen LogP contribution in [0.4, 0.5) is 23.2 Å². The maximum Gasteiger partial charge on any atom is 0.419 e. The SMILES string of the molecule is Nc1cc(-c2nc3ccccc3o2)cc(C(F)(F)F)c1F. The Morgan fingerprint density at radius 3 is 2.48 bits per heavy atom. The van der Waals surface area contributed by atoms with Crippen molar-refractivity contribution in [3.63, 3.8) is 0 Å². The van der Waals surface area contributed by atoms with Crippen molar-refractivity contribution in [3.05, 3.63) is 47.8 Å². The molecule has 2 N–H and O–H groups in total. The fraction of sp³-hybridized carbons (Fsp3) is 0.0714. The van der Waals surface area contributed by atoms with Gasteiger partial charge in [-0.25, -0.2) is 9.37 Å². The van der Waals surface area contributed by atoms with Crippen molar-refractivity contribution in [2.24, 2.45) is 0 Å². The van der Waals surface area contributed by atoms with Gasteiger partial charge in [0.25, 0.3) is 0 Å². The number of rotatable bonds is 1. The van der Waals surface area contributed by atoms with E-state index in [0.29, 0.717) is 17.2 Å². The second-order valence-corrected chi connectivity index (χ2v) is 4.41. The van der Waals surface area contributed by atoms with Crippen LogP contribution in [-0.2, 0) is 6.18 Å². The first kappa shape index (κ1) is 13.4. The third-order valence-corrected chi connectivity index (χ3v) is 2.95. The summed E-state index contributed by atoms with van der Waals surface area (Å²) in [4.78, 5) is 4.06. The molecule has 1 aromatic heterocycles. The first-order chi connectivity index (χ1) is 9.86.